The fourth-order valence-electron chi connectivity index (χ4n) is 2.70. The lowest BCUT2D eigenvalue weighted by atomic mass is 9.99. The van der Waals surface area contributed by atoms with Crippen molar-refractivity contribution < 1.29 is 0 Å². The summed E-state index contributed by atoms with van der Waals surface area (Å²) in [5.74, 6) is 0.808. The first-order chi connectivity index (χ1) is 11.5. The quantitative estimate of drug-likeness (QED) is 0.679. The third-order valence-corrected chi connectivity index (χ3v) is 4.08. The van der Waals surface area contributed by atoms with Gasteiger partial charge in [-0.1, -0.05) is 32.2 Å². The molecule has 0 unspecified atom stereocenters. The van der Waals surface area contributed by atoms with Crippen LogP contribution in [0.5, 0.6) is 0 Å². The lowest BCUT2D eigenvalue weighted by Crippen LogP contribution is -2.18. The van der Waals surface area contributed by atoms with Gasteiger partial charge in [-0.25, -0.2) is 4.79 Å². The first-order valence-corrected chi connectivity index (χ1v) is 7.59. The average molecular weight is 321 g/mol. The van der Waals surface area contributed by atoms with Crippen LogP contribution in [0.15, 0.2) is 72.6 Å². The van der Waals surface area contributed by atoms with Crippen LogP contribution in [0.3, 0.4) is 0 Å². The van der Waals surface area contributed by atoms with Crippen LogP contribution in [0.1, 0.15) is 18.7 Å². The summed E-state index contributed by atoms with van der Waals surface area (Å²) < 4.78 is 4.98. The molecule has 24 heavy (non-hydrogen) atoms. The molecule has 3 aromatic heterocycles. The van der Waals surface area contributed by atoms with Gasteiger partial charge >= 0.3 is 5.69 Å². The molecule has 0 N–H and O–H groups in total. The summed E-state index contributed by atoms with van der Waals surface area (Å²) in [6, 6.07) is 5.59. The molecular weight excluding hydrogens is 302 g/mol. The molecule has 3 heterocycles. The van der Waals surface area contributed by atoms with E-state index < -0.39 is 0 Å². The Balaban J connectivity index is 2.00. The number of rotatable bonds is 5. The summed E-state index contributed by atoms with van der Waals surface area (Å²) >= 11 is 0. The number of imidazole rings is 1. The SMILES string of the molecule is C=C/C(=C\C(=C)n1cc2ccccn2c1=O)[C@H](C)c1nncn1C. The summed E-state index contributed by atoms with van der Waals surface area (Å²) in [4.78, 5) is 12.5. The van der Waals surface area contributed by atoms with E-state index in [-0.39, 0.29) is 11.6 Å². The van der Waals surface area contributed by atoms with Gasteiger partial charge in [0.2, 0.25) is 0 Å². The molecule has 1 atom stereocenters. The fraction of sp³-hybridized carbons (Fsp3) is 0.167. The second kappa shape index (κ2) is 6.16. The monoisotopic (exact) mass is 321 g/mol. The van der Waals surface area contributed by atoms with E-state index in [2.05, 4.69) is 23.4 Å². The molecule has 0 aliphatic rings. The van der Waals surface area contributed by atoms with Crippen molar-refractivity contribution in [2.75, 3.05) is 0 Å². The molecule has 6 heteroatoms. The third-order valence-electron chi connectivity index (χ3n) is 4.08. The lowest BCUT2D eigenvalue weighted by molar-refractivity contribution is 0.736. The van der Waals surface area contributed by atoms with Gasteiger partial charge in [-0.05, 0) is 23.8 Å². The van der Waals surface area contributed by atoms with Gasteiger partial charge in [0.15, 0.2) is 0 Å². The van der Waals surface area contributed by atoms with Crippen LogP contribution in [0.25, 0.3) is 11.2 Å². The first kappa shape index (κ1) is 15.7. The van der Waals surface area contributed by atoms with E-state index in [0.717, 1.165) is 16.9 Å². The minimum absolute atomic E-state index is 0.0144. The molecule has 122 valence electrons. The smallest absolute Gasteiger partial charge is 0.320 e. The van der Waals surface area contributed by atoms with Crippen LogP contribution in [-0.4, -0.2) is 23.7 Å². The molecule has 0 fully saturated rings. The van der Waals surface area contributed by atoms with E-state index in [9.17, 15) is 4.79 Å². The second-order valence-corrected chi connectivity index (χ2v) is 5.64. The number of hydrogen-bond acceptors (Lipinski definition) is 3. The average Bonchev–Trinajstić information content (AvgIpc) is 3.16. The Morgan fingerprint density at radius 3 is 2.79 bits per heavy atom. The van der Waals surface area contributed by atoms with E-state index >= 15 is 0 Å². The molecule has 3 rings (SSSR count). The molecular formula is C18H19N5O. The maximum atomic E-state index is 12.5. The van der Waals surface area contributed by atoms with Crippen LogP contribution >= 0.6 is 0 Å². The Hall–Kier alpha value is -3.15. The van der Waals surface area contributed by atoms with Gasteiger partial charge in [0.1, 0.15) is 12.2 Å². The molecule has 0 spiro atoms. The molecule has 0 aliphatic carbocycles. The van der Waals surface area contributed by atoms with Crippen molar-refractivity contribution in [3.05, 3.63) is 84.1 Å². The molecule has 0 saturated carbocycles. The van der Waals surface area contributed by atoms with Gasteiger partial charge in [-0.2, -0.15) is 0 Å². The number of nitrogens with zero attached hydrogens (tertiary/aromatic N) is 5. The lowest BCUT2D eigenvalue weighted by Gasteiger charge is -2.12. The topological polar surface area (TPSA) is 57.1 Å². The van der Waals surface area contributed by atoms with Crippen LogP contribution in [0, 0.1) is 0 Å². The van der Waals surface area contributed by atoms with Crippen molar-refractivity contribution in [3.63, 3.8) is 0 Å². The Morgan fingerprint density at radius 1 is 1.38 bits per heavy atom. The number of allylic oxidation sites excluding steroid dienone is 4. The third kappa shape index (κ3) is 2.62. The van der Waals surface area contributed by atoms with E-state index in [4.69, 9.17) is 0 Å². The zero-order valence-electron chi connectivity index (χ0n) is 13.8. The Kier molecular flexibility index (Phi) is 4.04. The van der Waals surface area contributed by atoms with Crippen molar-refractivity contribution >= 4 is 11.2 Å². The number of pyridine rings is 1. The Morgan fingerprint density at radius 2 is 2.17 bits per heavy atom. The predicted octanol–water partition coefficient (Wildman–Crippen LogP) is 2.62. The highest BCUT2D eigenvalue weighted by Crippen LogP contribution is 2.24. The highest BCUT2D eigenvalue weighted by molar-refractivity contribution is 5.60. The van der Waals surface area contributed by atoms with E-state index in [0.29, 0.717) is 5.70 Å². The summed E-state index contributed by atoms with van der Waals surface area (Å²) in [7, 11) is 1.90. The minimum atomic E-state index is -0.151. The number of hydrogen-bond donors (Lipinski definition) is 0. The summed E-state index contributed by atoms with van der Waals surface area (Å²) in [5.41, 5.74) is 2.16. The normalized spacial score (nSPS) is 13.2. The fourth-order valence-corrected chi connectivity index (χ4v) is 2.70. The van der Waals surface area contributed by atoms with Crippen molar-refractivity contribution in [1.82, 2.24) is 23.7 Å². The number of aromatic nitrogens is 5. The standard InChI is InChI=1S/C18H19N5O/c1-5-15(14(3)17-20-19-12-21(17)4)10-13(2)23-11-16-8-6-7-9-22(16)18(23)24/h5-12,14H,1-2H2,3-4H3/b15-10+/t14-/m0/s1. The maximum absolute atomic E-state index is 12.5. The summed E-state index contributed by atoms with van der Waals surface area (Å²) in [5, 5.41) is 8.05. The van der Waals surface area contributed by atoms with Crippen LogP contribution in [-0.2, 0) is 7.05 Å². The van der Waals surface area contributed by atoms with Crippen molar-refractivity contribution in [2.45, 2.75) is 12.8 Å². The van der Waals surface area contributed by atoms with Gasteiger partial charge in [-0.3, -0.25) is 8.97 Å². The zero-order chi connectivity index (χ0) is 17.3. The molecule has 3 aromatic rings. The van der Waals surface area contributed by atoms with E-state index in [1.54, 1.807) is 29.2 Å². The first-order valence-electron chi connectivity index (χ1n) is 7.59. The van der Waals surface area contributed by atoms with Gasteiger partial charge in [0.05, 0.1) is 5.52 Å². The Labute approximate surface area is 139 Å². The van der Waals surface area contributed by atoms with E-state index in [1.165, 1.54) is 4.57 Å². The molecule has 0 radical (unpaired) electrons. The van der Waals surface area contributed by atoms with Crippen molar-refractivity contribution in [2.24, 2.45) is 7.05 Å². The maximum Gasteiger partial charge on any atom is 0.337 e. The molecule has 0 aromatic carbocycles. The summed E-state index contributed by atoms with van der Waals surface area (Å²) in [6.45, 7) is 9.93. The molecule has 0 aliphatic heterocycles. The zero-order valence-corrected chi connectivity index (χ0v) is 13.8. The molecule has 6 nitrogen and oxygen atoms in total. The Bertz CT molecular complexity index is 1000. The van der Waals surface area contributed by atoms with Gasteiger partial charge in [0, 0.05) is 31.1 Å². The van der Waals surface area contributed by atoms with Gasteiger partial charge in [-0.15, -0.1) is 10.2 Å². The number of fused-ring (bicyclic) bond motifs is 1. The molecule has 0 saturated heterocycles. The molecule has 0 bridgehead atoms. The molecule has 0 amide bonds. The highest BCUT2D eigenvalue weighted by atomic mass is 16.1. The predicted molar refractivity (Wildman–Crippen MR) is 94.7 cm³/mol. The number of aryl methyl sites for hydroxylation is 1. The largest absolute Gasteiger partial charge is 0.337 e. The highest BCUT2D eigenvalue weighted by Gasteiger charge is 2.15. The summed E-state index contributed by atoms with van der Waals surface area (Å²) in [6.07, 6.45) is 8.78. The van der Waals surface area contributed by atoms with E-state index in [1.807, 2.05) is 42.8 Å². The van der Waals surface area contributed by atoms with Gasteiger partial charge < -0.3 is 4.57 Å². The second-order valence-electron chi connectivity index (χ2n) is 5.64. The minimum Gasteiger partial charge on any atom is -0.320 e. The van der Waals surface area contributed by atoms with Crippen LogP contribution < -0.4 is 5.69 Å². The van der Waals surface area contributed by atoms with Crippen molar-refractivity contribution in [1.29, 1.82) is 0 Å². The van der Waals surface area contributed by atoms with Gasteiger partial charge in [0.25, 0.3) is 0 Å². The van der Waals surface area contributed by atoms with Crippen molar-refractivity contribution in [3.8, 4) is 0 Å². The van der Waals surface area contributed by atoms with Crippen LogP contribution in [0.4, 0.5) is 0 Å². The van der Waals surface area contributed by atoms with Crippen LogP contribution in [0.2, 0.25) is 0 Å².